The van der Waals surface area contributed by atoms with Crippen LogP contribution in [0, 0.1) is 0 Å². The number of carbonyl (C=O) groups is 3. The first-order valence-electron chi connectivity index (χ1n) is 10.1. The molecule has 0 saturated carbocycles. The standard InChI is InChI=1S/C22H27ClN2O4/c1-3-29-22(28)21-15(2)25(14-20(27)24-11-5-4-6-12-24)19(26)13-18(21)16-7-9-17(23)10-8-16/h7-10,18H,3-6,11-14H2,1-2H3. The molecule has 1 unspecified atom stereocenters. The summed E-state index contributed by atoms with van der Waals surface area (Å²) in [6.45, 7) is 5.11. The first-order chi connectivity index (χ1) is 13.9. The molecule has 1 atom stereocenters. The fourth-order valence-corrected chi connectivity index (χ4v) is 4.16. The van der Waals surface area contributed by atoms with Gasteiger partial charge >= 0.3 is 5.97 Å². The van der Waals surface area contributed by atoms with Crippen molar-refractivity contribution in [3.63, 3.8) is 0 Å². The third kappa shape index (κ3) is 4.81. The summed E-state index contributed by atoms with van der Waals surface area (Å²) in [7, 11) is 0. The molecule has 1 fully saturated rings. The second-order valence-corrected chi connectivity index (χ2v) is 7.89. The number of nitrogens with zero attached hydrogens (tertiary/aromatic N) is 2. The second-order valence-electron chi connectivity index (χ2n) is 7.45. The molecule has 1 aromatic rings. The van der Waals surface area contributed by atoms with Crippen molar-refractivity contribution < 1.29 is 19.1 Å². The third-order valence-corrected chi connectivity index (χ3v) is 5.84. The molecule has 1 saturated heterocycles. The molecule has 0 aromatic heterocycles. The maximum atomic E-state index is 12.9. The minimum Gasteiger partial charge on any atom is -0.463 e. The zero-order valence-corrected chi connectivity index (χ0v) is 17.7. The predicted molar refractivity (Wildman–Crippen MR) is 110 cm³/mol. The minimum absolute atomic E-state index is 0.0408. The number of ether oxygens (including phenoxy) is 1. The first kappa shape index (κ1) is 21.4. The molecule has 0 N–H and O–H groups in total. The van der Waals surface area contributed by atoms with Crippen LogP contribution in [0.25, 0.3) is 0 Å². The van der Waals surface area contributed by atoms with Gasteiger partial charge in [0.25, 0.3) is 0 Å². The molecule has 2 aliphatic rings. The maximum absolute atomic E-state index is 12.9. The Labute approximate surface area is 176 Å². The molecule has 6 nitrogen and oxygen atoms in total. The van der Waals surface area contributed by atoms with Crippen molar-refractivity contribution in [3.8, 4) is 0 Å². The van der Waals surface area contributed by atoms with E-state index in [1.165, 1.54) is 4.90 Å². The number of esters is 1. The van der Waals surface area contributed by atoms with Crippen LogP contribution < -0.4 is 0 Å². The van der Waals surface area contributed by atoms with Crippen LogP contribution in [0.2, 0.25) is 5.02 Å². The van der Waals surface area contributed by atoms with Gasteiger partial charge < -0.3 is 14.5 Å². The SMILES string of the molecule is CCOC(=O)C1=C(C)N(CC(=O)N2CCCCC2)C(=O)CC1c1ccc(Cl)cc1. The molecule has 2 heterocycles. The summed E-state index contributed by atoms with van der Waals surface area (Å²) in [6.07, 6.45) is 3.21. The first-order valence-corrected chi connectivity index (χ1v) is 10.5. The summed E-state index contributed by atoms with van der Waals surface area (Å²) in [6, 6.07) is 7.13. The van der Waals surface area contributed by atoms with Gasteiger partial charge in [-0.2, -0.15) is 0 Å². The second kappa shape index (κ2) is 9.44. The van der Waals surface area contributed by atoms with Gasteiger partial charge in [-0.15, -0.1) is 0 Å². The van der Waals surface area contributed by atoms with E-state index >= 15 is 0 Å². The summed E-state index contributed by atoms with van der Waals surface area (Å²) >= 11 is 5.99. The van der Waals surface area contributed by atoms with E-state index in [0.717, 1.165) is 37.9 Å². The Kier molecular flexibility index (Phi) is 6.96. The number of piperidine rings is 1. The highest BCUT2D eigenvalue weighted by atomic mass is 35.5. The topological polar surface area (TPSA) is 66.9 Å². The number of hydrogen-bond acceptors (Lipinski definition) is 4. The molecule has 0 spiro atoms. The Morgan fingerprint density at radius 1 is 1.14 bits per heavy atom. The van der Waals surface area contributed by atoms with Crippen molar-refractivity contribution in [2.24, 2.45) is 0 Å². The molecule has 2 aliphatic heterocycles. The maximum Gasteiger partial charge on any atom is 0.336 e. The van der Waals surface area contributed by atoms with E-state index in [0.29, 0.717) is 16.3 Å². The third-order valence-electron chi connectivity index (χ3n) is 5.59. The summed E-state index contributed by atoms with van der Waals surface area (Å²) in [5.74, 6) is -1.11. The lowest BCUT2D eigenvalue weighted by Gasteiger charge is -2.36. The zero-order valence-electron chi connectivity index (χ0n) is 16.9. The number of rotatable bonds is 5. The predicted octanol–water partition coefficient (Wildman–Crippen LogP) is 3.51. The van der Waals surface area contributed by atoms with E-state index in [2.05, 4.69) is 0 Å². The molecular formula is C22H27ClN2O4. The molecule has 0 aliphatic carbocycles. The van der Waals surface area contributed by atoms with Crippen molar-refractivity contribution in [2.45, 2.75) is 45.4 Å². The average molecular weight is 419 g/mol. The summed E-state index contributed by atoms with van der Waals surface area (Å²) in [4.78, 5) is 41.7. The monoisotopic (exact) mass is 418 g/mol. The fraction of sp³-hybridized carbons (Fsp3) is 0.500. The van der Waals surface area contributed by atoms with E-state index in [1.54, 1.807) is 30.9 Å². The molecular weight excluding hydrogens is 392 g/mol. The van der Waals surface area contributed by atoms with Gasteiger partial charge in [0, 0.05) is 36.1 Å². The molecule has 0 bridgehead atoms. The Morgan fingerprint density at radius 3 is 2.41 bits per heavy atom. The normalized spacial score (nSPS) is 20.1. The molecule has 156 valence electrons. The van der Waals surface area contributed by atoms with E-state index < -0.39 is 11.9 Å². The number of amides is 2. The van der Waals surface area contributed by atoms with Gasteiger partial charge in [-0.3, -0.25) is 9.59 Å². The van der Waals surface area contributed by atoms with Crippen LogP contribution in [0.15, 0.2) is 35.5 Å². The van der Waals surface area contributed by atoms with Crippen molar-refractivity contribution >= 4 is 29.4 Å². The quantitative estimate of drug-likeness (QED) is 0.686. The van der Waals surface area contributed by atoms with Crippen LogP contribution in [0.1, 0.15) is 51.0 Å². The van der Waals surface area contributed by atoms with Crippen molar-refractivity contribution in [1.82, 2.24) is 9.80 Å². The Morgan fingerprint density at radius 2 is 1.79 bits per heavy atom. The fourth-order valence-electron chi connectivity index (χ4n) is 4.04. The minimum atomic E-state index is -0.451. The summed E-state index contributed by atoms with van der Waals surface area (Å²) in [5, 5.41) is 0.586. The highest BCUT2D eigenvalue weighted by Gasteiger charge is 2.38. The lowest BCUT2D eigenvalue weighted by molar-refractivity contribution is -0.142. The average Bonchev–Trinajstić information content (AvgIpc) is 2.72. The lowest BCUT2D eigenvalue weighted by atomic mass is 9.83. The highest BCUT2D eigenvalue weighted by Crippen LogP contribution is 2.37. The molecule has 29 heavy (non-hydrogen) atoms. The van der Waals surface area contributed by atoms with Crippen LogP contribution >= 0.6 is 11.6 Å². The zero-order chi connectivity index (χ0) is 21.0. The van der Waals surface area contributed by atoms with Crippen molar-refractivity contribution in [1.29, 1.82) is 0 Å². The van der Waals surface area contributed by atoms with E-state index in [1.807, 2.05) is 12.1 Å². The highest BCUT2D eigenvalue weighted by molar-refractivity contribution is 6.30. The Hall–Kier alpha value is -2.34. The number of likely N-dealkylation sites (tertiary alicyclic amines) is 1. The van der Waals surface area contributed by atoms with Gasteiger partial charge in [-0.1, -0.05) is 23.7 Å². The van der Waals surface area contributed by atoms with Crippen molar-refractivity contribution in [2.75, 3.05) is 26.2 Å². The van der Waals surface area contributed by atoms with Gasteiger partial charge in [0.1, 0.15) is 6.54 Å². The van der Waals surface area contributed by atoms with Crippen LogP contribution in [-0.2, 0) is 19.1 Å². The molecule has 2 amide bonds. The van der Waals surface area contributed by atoms with Crippen LogP contribution in [0.4, 0.5) is 0 Å². The molecule has 3 rings (SSSR count). The molecule has 0 radical (unpaired) electrons. The molecule has 1 aromatic carbocycles. The molecule has 7 heteroatoms. The summed E-state index contributed by atoms with van der Waals surface area (Å²) in [5.41, 5.74) is 1.75. The van der Waals surface area contributed by atoms with Crippen molar-refractivity contribution in [3.05, 3.63) is 46.1 Å². The summed E-state index contributed by atoms with van der Waals surface area (Å²) < 4.78 is 5.28. The van der Waals surface area contributed by atoms with Gasteiger partial charge in [-0.25, -0.2) is 4.79 Å². The van der Waals surface area contributed by atoms with E-state index in [4.69, 9.17) is 16.3 Å². The van der Waals surface area contributed by atoms with Gasteiger partial charge in [0.15, 0.2) is 0 Å². The smallest absolute Gasteiger partial charge is 0.336 e. The number of benzene rings is 1. The van der Waals surface area contributed by atoms with Crippen LogP contribution in [0.3, 0.4) is 0 Å². The number of hydrogen-bond donors (Lipinski definition) is 0. The van der Waals surface area contributed by atoms with Gasteiger partial charge in [-0.05, 0) is 50.8 Å². The van der Waals surface area contributed by atoms with E-state index in [-0.39, 0.29) is 31.4 Å². The Balaban J connectivity index is 1.91. The van der Waals surface area contributed by atoms with E-state index in [9.17, 15) is 14.4 Å². The largest absolute Gasteiger partial charge is 0.463 e. The van der Waals surface area contributed by atoms with Gasteiger partial charge in [0.05, 0.1) is 12.2 Å². The van der Waals surface area contributed by atoms with Gasteiger partial charge in [0.2, 0.25) is 11.8 Å². The number of carbonyl (C=O) groups excluding carboxylic acids is 3. The number of halogens is 1. The lowest BCUT2D eigenvalue weighted by Crippen LogP contribution is -2.46. The van der Waals surface area contributed by atoms with Crippen LogP contribution in [0.5, 0.6) is 0 Å². The van der Waals surface area contributed by atoms with Crippen LogP contribution in [-0.4, -0.2) is 53.8 Å². The Bertz CT molecular complexity index is 813. The number of allylic oxidation sites excluding steroid dienone is 1.